The molecule has 1 aliphatic carbocycles. The number of benzene rings is 14. The van der Waals surface area contributed by atoms with E-state index in [0.717, 1.165) is 129 Å². The molecule has 0 saturated heterocycles. The molecule has 0 amide bonds. The van der Waals surface area contributed by atoms with Crippen LogP contribution in [0.3, 0.4) is 0 Å². The van der Waals surface area contributed by atoms with Crippen LogP contribution < -0.4 is 4.74 Å². The Kier molecular flexibility index (Phi) is 18.0. The SMILES string of the molecule is CC1(C)c2ccccc2-c2c(n(-c3ccc(-c4ccccn4)cc3-c3ccccn3)c3ccccc23)-c2ccccc21.c1ccc(-c2cc3ccccc3c(-c3cccc4c3Oc3ccccc3-c3c-4c4ccccc4n3-c3ccccn3)n2)cc1.c1ccc(-c2cccc3c2Sc2ccccc2-c2c-3c3ccccc3n2-c2cc3ccccc3cn2)cc1. The summed E-state index contributed by atoms with van der Waals surface area (Å²) in [6, 6.07) is 141. The first-order valence-corrected chi connectivity index (χ1v) is 42.8. The average Bonchev–Trinajstić information content (AvgIpc) is 1.57. The van der Waals surface area contributed by atoms with Gasteiger partial charge in [0.05, 0.1) is 62.1 Å². The van der Waals surface area contributed by atoms with Crippen LogP contribution in [0, 0.1) is 0 Å². The summed E-state index contributed by atoms with van der Waals surface area (Å²) in [5.41, 5.74) is 31.6. The zero-order valence-corrected chi connectivity index (χ0v) is 68.6. The fraction of sp³-hybridized carbons (Fsp3) is 0.0263. The number of para-hydroxylation sites is 5. The third kappa shape index (κ3) is 12.3. The summed E-state index contributed by atoms with van der Waals surface area (Å²) in [6.07, 6.45) is 7.55. The number of hydrogen-bond acceptors (Lipinski definition) is 7. The highest BCUT2D eigenvalue weighted by molar-refractivity contribution is 7.99. The van der Waals surface area contributed by atoms with Gasteiger partial charge in [-0.25, -0.2) is 15.0 Å². The summed E-state index contributed by atoms with van der Waals surface area (Å²) in [7, 11) is 0. The van der Waals surface area contributed by atoms with E-state index in [2.05, 4.69) is 390 Å². The number of hydrogen-bond donors (Lipinski definition) is 0. The summed E-state index contributed by atoms with van der Waals surface area (Å²) in [4.78, 5) is 27.1. The van der Waals surface area contributed by atoms with Gasteiger partial charge in [0.25, 0.3) is 0 Å². The fourth-order valence-electron chi connectivity index (χ4n) is 19.1. The molecule has 10 heteroatoms. The van der Waals surface area contributed by atoms with Gasteiger partial charge in [0, 0.05) is 128 Å². The lowest BCUT2D eigenvalue weighted by molar-refractivity contribution is 0.489. The first-order valence-electron chi connectivity index (χ1n) is 42.0. The molecule has 124 heavy (non-hydrogen) atoms. The summed E-state index contributed by atoms with van der Waals surface area (Å²) in [6.45, 7) is 4.70. The third-order valence-corrected chi connectivity index (χ3v) is 25.9. The second-order valence-corrected chi connectivity index (χ2v) is 33.1. The molecule has 0 unspecified atom stereocenters. The Labute approximate surface area is 721 Å². The predicted octanol–water partition coefficient (Wildman–Crippen LogP) is 29.7. The molecule has 0 N–H and O–H groups in total. The van der Waals surface area contributed by atoms with Crippen LogP contribution in [-0.2, 0) is 5.41 Å². The number of aromatic nitrogens is 8. The summed E-state index contributed by atoms with van der Waals surface area (Å²) < 4.78 is 14.1. The second-order valence-electron chi connectivity index (χ2n) is 32.1. The molecule has 3 aliphatic rings. The smallest absolute Gasteiger partial charge is 0.144 e. The highest BCUT2D eigenvalue weighted by atomic mass is 32.2. The van der Waals surface area contributed by atoms with Crippen molar-refractivity contribution in [2.45, 2.75) is 29.1 Å². The van der Waals surface area contributed by atoms with Gasteiger partial charge >= 0.3 is 0 Å². The first kappa shape index (κ1) is 73.3. The zero-order chi connectivity index (χ0) is 82.4. The third-order valence-electron chi connectivity index (χ3n) is 24.6. The van der Waals surface area contributed by atoms with Gasteiger partial charge in [-0.05, 0) is 147 Å². The maximum Gasteiger partial charge on any atom is 0.144 e. The van der Waals surface area contributed by atoms with Crippen molar-refractivity contribution in [1.82, 2.24) is 38.6 Å². The zero-order valence-electron chi connectivity index (χ0n) is 67.8. The summed E-state index contributed by atoms with van der Waals surface area (Å²) >= 11 is 1.87. The monoisotopic (exact) mass is 1600 g/mol. The van der Waals surface area contributed by atoms with Crippen LogP contribution in [0.1, 0.15) is 25.0 Å². The topological polar surface area (TPSA) is 88.5 Å². The fourth-order valence-corrected chi connectivity index (χ4v) is 20.3. The molecule has 2 aliphatic heterocycles. The molecule has 0 atom stereocenters. The minimum Gasteiger partial charge on any atom is -0.455 e. The Hall–Kier alpha value is -15.9. The van der Waals surface area contributed by atoms with Crippen LogP contribution in [0.4, 0.5) is 0 Å². The molecule has 14 aromatic carbocycles. The van der Waals surface area contributed by atoms with E-state index in [1.807, 2.05) is 79.0 Å². The van der Waals surface area contributed by atoms with E-state index in [0.29, 0.717) is 0 Å². The highest BCUT2D eigenvalue weighted by Gasteiger charge is 2.38. The van der Waals surface area contributed by atoms with E-state index >= 15 is 0 Å². The second kappa shape index (κ2) is 30.4. The van der Waals surface area contributed by atoms with Crippen LogP contribution in [0.5, 0.6) is 11.5 Å². The van der Waals surface area contributed by atoms with Crippen molar-refractivity contribution in [1.29, 1.82) is 0 Å². The van der Waals surface area contributed by atoms with Gasteiger partial charge in [0.1, 0.15) is 23.1 Å². The van der Waals surface area contributed by atoms with Crippen molar-refractivity contribution in [2.24, 2.45) is 0 Å². The normalized spacial score (nSPS) is 12.4. The molecule has 25 rings (SSSR count). The molecule has 0 saturated carbocycles. The number of pyridine rings is 5. The molecule has 8 aromatic heterocycles. The van der Waals surface area contributed by atoms with E-state index in [1.165, 1.54) is 98.5 Å². The van der Waals surface area contributed by atoms with Crippen LogP contribution in [0.2, 0.25) is 0 Å². The van der Waals surface area contributed by atoms with Crippen LogP contribution >= 0.6 is 11.8 Å². The van der Waals surface area contributed by atoms with Crippen molar-refractivity contribution in [3.8, 4) is 152 Å². The van der Waals surface area contributed by atoms with Crippen molar-refractivity contribution >= 4 is 66.0 Å². The van der Waals surface area contributed by atoms with Gasteiger partial charge in [-0.15, -0.1) is 0 Å². The molecule has 0 radical (unpaired) electrons. The van der Waals surface area contributed by atoms with Gasteiger partial charge in [-0.1, -0.05) is 323 Å². The summed E-state index contributed by atoms with van der Waals surface area (Å²) in [5.74, 6) is 3.39. The number of rotatable bonds is 8. The number of ether oxygens (including phenoxy) is 1. The average molecular weight is 1610 g/mol. The molecular formula is C114H76N8OS. The van der Waals surface area contributed by atoms with E-state index in [-0.39, 0.29) is 5.41 Å². The Balaban J connectivity index is 0.000000108. The number of nitrogens with zero attached hydrogens (tertiary/aromatic N) is 8. The molecule has 0 bridgehead atoms. The van der Waals surface area contributed by atoms with Crippen LogP contribution in [0.15, 0.2) is 435 Å². The lowest BCUT2D eigenvalue weighted by atomic mass is 9.75. The maximum absolute atomic E-state index is 6.99. The first-order chi connectivity index (χ1) is 61.3. The molecule has 0 fully saturated rings. The molecule has 10 heterocycles. The molecule has 9 nitrogen and oxygen atoms in total. The summed E-state index contributed by atoms with van der Waals surface area (Å²) in [5, 5.41) is 8.17. The quantitative estimate of drug-likeness (QED) is 0.150. The van der Waals surface area contributed by atoms with Crippen molar-refractivity contribution in [2.75, 3.05) is 0 Å². The molecular weight excluding hydrogens is 1530 g/mol. The van der Waals surface area contributed by atoms with E-state index in [4.69, 9.17) is 24.7 Å². The minimum atomic E-state index is -0.176. The number of fused-ring (bicyclic) bond motifs is 23. The standard InChI is InChI=1S/C40H25N3O.C39H29N3.C35H22N2S/c1-2-13-26(14-3-1)33-25-27-15-4-5-16-28(27)38(42-33)32-20-12-19-31-37-29-17-6-8-21-34(29)43(36-23-10-11-24-41-36)39(37)30-18-7-9-22-35(30)44-40(31)32;1-39(2)31-16-6-3-13-27(31)37-29-15-5-8-20-35(29)42(38(37)28-14-4-7-17-32(28)39)36-22-21-26(33-18-9-11-23-40-33)25-30(36)34-19-10-12-24-41-34;1-2-11-23(12-3-1)26-17-10-18-29-33-27-15-6-8-19-30(27)37(32-21-24-13-4-5-14-25(24)22-36-32)34(33)28-16-7-9-20-31(28)38-35(26)29/h1-25H;3-25H,1-2H3;1-22H. The molecule has 584 valence electrons. The van der Waals surface area contributed by atoms with Crippen LogP contribution in [0.25, 0.3) is 195 Å². The molecule has 0 spiro atoms. The van der Waals surface area contributed by atoms with Crippen LogP contribution in [-0.4, -0.2) is 38.6 Å². The Bertz CT molecular complexity index is 7950. The largest absolute Gasteiger partial charge is 0.455 e. The van der Waals surface area contributed by atoms with Crippen molar-refractivity contribution in [3.63, 3.8) is 0 Å². The van der Waals surface area contributed by atoms with Crippen molar-refractivity contribution < 1.29 is 4.74 Å². The lowest BCUT2D eigenvalue weighted by Gasteiger charge is -2.28. The van der Waals surface area contributed by atoms with Gasteiger partial charge in [-0.3, -0.25) is 19.1 Å². The van der Waals surface area contributed by atoms with Gasteiger partial charge < -0.3 is 9.30 Å². The maximum atomic E-state index is 6.99. The van der Waals surface area contributed by atoms with Gasteiger partial charge in [0.2, 0.25) is 0 Å². The Morgan fingerprint density at radius 2 is 0.790 bits per heavy atom. The predicted molar refractivity (Wildman–Crippen MR) is 510 cm³/mol. The van der Waals surface area contributed by atoms with E-state index < -0.39 is 0 Å². The highest BCUT2D eigenvalue weighted by Crippen LogP contribution is 2.59. The van der Waals surface area contributed by atoms with E-state index in [1.54, 1.807) is 0 Å². The van der Waals surface area contributed by atoms with E-state index in [9.17, 15) is 0 Å². The minimum absolute atomic E-state index is 0.176. The Morgan fingerprint density at radius 3 is 1.49 bits per heavy atom. The van der Waals surface area contributed by atoms with Crippen molar-refractivity contribution in [3.05, 3.63) is 436 Å². The van der Waals surface area contributed by atoms with Gasteiger partial charge in [-0.2, -0.15) is 0 Å². The lowest BCUT2D eigenvalue weighted by Crippen LogP contribution is -2.20. The molecule has 22 aromatic rings. The Morgan fingerprint density at radius 1 is 0.290 bits per heavy atom. The van der Waals surface area contributed by atoms with Gasteiger partial charge in [0.15, 0.2) is 0 Å².